The molecule has 1 fully saturated rings. The first-order valence-electron chi connectivity index (χ1n) is 6.35. The number of rotatable bonds is 3. The predicted octanol–water partition coefficient (Wildman–Crippen LogP) is 2.30. The molecule has 4 nitrogen and oxygen atoms in total. The van der Waals surface area contributed by atoms with E-state index in [1.54, 1.807) is 0 Å². The van der Waals surface area contributed by atoms with Crippen molar-refractivity contribution in [3.63, 3.8) is 0 Å². The molecule has 1 heterocycles. The number of anilines is 1. The van der Waals surface area contributed by atoms with Gasteiger partial charge in [0.05, 0.1) is 6.54 Å². The number of benzene rings is 1. The first kappa shape index (κ1) is 14.2. The molecule has 1 saturated heterocycles. The number of likely N-dealkylation sites (tertiary alicyclic amines) is 1. The Hall–Kier alpha value is -1.20. The molecule has 1 N–H and O–H groups in total. The highest BCUT2D eigenvalue weighted by atomic mass is 79.9. The number of Topliss-reactive ketones (excluding diaryl/α,β-unsaturated/α-hetero) is 1. The predicted molar refractivity (Wildman–Crippen MR) is 78.0 cm³/mol. The molecular weight excluding hydrogens is 308 g/mol. The van der Waals surface area contributed by atoms with Gasteiger partial charge in [-0.05, 0) is 18.2 Å². The first-order valence-corrected chi connectivity index (χ1v) is 7.14. The largest absolute Gasteiger partial charge is 0.325 e. The van der Waals surface area contributed by atoms with Gasteiger partial charge in [0.25, 0.3) is 0 Å². The Kier molecular flexibility index (Phi) is 4.71. The molecule has 1 unspecified atom stereocenters. The van der Waals surface area contributed by atoms with E-state index in [4.69, 9.17) is 0 Å². The summed E-state index contributed by atoms with van der Waals surface area (Å²) in [4.78, 5) is 25.4. The quantitative estimate of drug-likeness (QED) is 0.928. The summed E-state index contributed by atoms with van der Waals surface area (Å²) < 4.78 is 0.933. The van der Waals surface area contributed by atoms with E-state index in [-0.39, 0.29) is 11.8 Å². The summed E-state index contributed by atoms with van der Waals surface area (Å²) in [5, 5.41) is 2.86. The van der Waals surface area contributed by atoms with Gasteiger partial charge in [-0.25, -0.2) is 0 Å². The lowest BCUT2D eigenvalue weighted by atomic mass is 9.99. The van der Waals surface area contributed by atoms with Gasteiger partial charge in [0, 0.05) is 35.6 Å². The third kappa shape index (κ3) is 4.14. The van der Waals surface area contributed by atoms with Crippen LogP contribution < -0.4 is 5.32 Å². The smallest absolute Gasteiger partial charge is 0.238 e. The highest BCUT2D eigenvalue weighted by molar-refractivity contribution is 9.10. The van der Waals surface area contributed by atoms with E-state index < -0.39 is 0 Å². The number of nitrogens with zero attached hydrogens (tertiary/aromatic N) is 1. The maximum absolute atomic E-state index is 11.9. The lowest BCUT2D eigenvalue weighted by Crippen LogP contribution is -2.43. The number of ketones is 1. The van der Waals surface area contributed by atoms with Crippen LogP contribution in [0.1, 0.15) is 13.3 Å². The molecule has 102 valence electrons. The summed E-state index contributed by atoms with van der Waals surface area (Å²) in [5.74, 6) is 0.288. The van der Waals surface area contributed by atoms with Crippen LogP contribution in [0.15, 0.2) is 28.7 Å². The van der Waals surface area contributed by atoms with E-state index in [1.165, 1.54) is 0 Å². The van der Waals surface area contributed by atoms with Crippen LogP contribution in [0, 0.1) is 5.92 Å². The average molecular weight is 325 g/mol. The van der Waals surface area contributed by atoms with Crippen LogP contribution in [-0.2, 0) is 9.59 Å². The van der Waals surface area contributed by atoms with E-state index in [9.17, 15) is 9.59 Å². The fourth-order valence-electron chi connectivity index (χ4n) is 2.21. The molecule has 1 aliphatic heterocycles. The fourth-order valence-corrected chi connectivity index (χ4v) is 2.61. The number of carbonyl (C=O) groups is 2. The number of nitrogens with one attached hydrogen (secondary N) is 1. The van der Waals surface area contributed by atoms with Crippen molar-refractivity contribution in [3.05, 3.63) is 28.7 Å². The zero-order valence-corrected chi connectivity index (χ0v) is 12.4. The van der Waals surface area contributed by atoms with Gasteiger partial charge in [-0.1, -0.05) is 28.9 Å². The Morgan fingerprint density at radius 2 is 2.32 bits per heavy atom. The van der Waals surface area contributed by atoms with Gasteiger partial charge in [-0.3, -0.25) is 14.5 Å². The Morgan fingerprint density at radius 3 is 3.00 bits per heavy atom. The molecule has 0 spiro atoms. The Bertz CT molecular complexity index is 490. The Morgan fingerprint density at radius 1 is 1.53 bits per heavy atom. The van der Waals surface area contributed by atoms with Crippen molar-refractivity contribution in [1.82, 2.24) is 4.90 Å². The van der Waals surface area contributed by atoms with E-state index in [0.717, 1.165) is 10.2 Å². The fraction of sp³-hybridized carbons (Fsp3) is 0.429. The minimum Gasteiger partial charge on any atom is -0.325 e. The van der Waals surface area contributed by atoms with Crippen LogP contribution in [0.2, 0.25) is 0 Å². The van der Waals surface area contributed by atoms with Crippen molar-refractivity contribution in [1.29, 1.82) is 0 Å². The summed E-state index contributed by atoms with van der Waals surface area (Å²) >= 11 is 3.37. The SMILES string of the molecule is CC1CN(CC(=O)Nc2cccc(Br)c2)CCC1=O. The van der Waals surface area contributed by atoms with Gasteiger partial charge in [-0.2, -0.15) is 0 Å². The highest BCUT2D eigenvalue weighted by Crippen LogP contribution is 2.16. The molecule has 19 heavy (non-hydrogen) atoms. The lowest BCUT2D eigenvalue weighted by Gasteiger charge is -2.29. The molecular formula is C14H17BrN2O2. The molecule has 1 aliphatic rings. The van der Waals surface area contributed by atoms with Gasteiger partial charge in [0.1, 0.15) is 5.78 Å². The second kappa shape index (κ2) is 6.30. The number of hydrogen-bond donors (Lipinski definition) is 1. The number of piperidine rings is 1. The molecule has 1 amide bonds. The van der Waals surface area contributed by atoms with Crippen molar-refractivity contribution >= 4 is 33.3 Å². The molecule has 1 aromatic rings. The van der Waals surface area contributed by atoms with Gasteiger partial charge >= 0.3 is 0 Å². The minimum atomic E-state index is -0.0420. The third-order valence-corrected chi connectivity index (χ3v) is 3.72. The molecule has 0 radical (unpaired) electrons. The van der Waals surface area contributed by atoms with Crippen LogP contribution in [0.25, 0.3) is 0 Å². The molecule has 5 heteroatoms. The molecule has 1 aromatic carbocycles. The van der Waals surface area contributed by atoms with E-state index in [1.807, 2.05) is 36.1 Å². The molecule has 0 aliphatic carbocycles. The van der Waals surface area contributed by atoms with Crippen LogP contribution >= 0.6 is 15.9 Å². The van der Waals surface area contributed by atoms with Crippen LogP contribution in [0.5, 0.6) is 0 Å². The highest BCUT2D eigenvalue weighted by Gasteiger charge is 2.24. The number of halogens is 1. The molecule has 0 saturated carbocycles. The third-order valence-electron chi connectivity index (χ3n) is 3.23. The van der Waals surface area contributed by atoms with Crippen molar-refractivity contribution < 1.29 is 9.59 Å². The average Bonchev–Trinajstić information content (AvgIpc) is 2.34. The van der Waals surface area contributed by atoms with Crippen molar-refractivity contribution in [2.75, 3.05) is 25.0 Å². The zero-order valence-electron chi connectivity index (χ0n) is 10.9. The normalized spacial score (nSPS) is 20.3. The summed E-state index contributed by atoms with van der Waals surface area (Å²) in [6.45, 7) is 3.60. The summed E-state index contributed by atoms with van der Waals surface area (Å²) in [7, 11) is 0. The maximum atomic E-state index is 11.9. The van der Waals surface area contributed by atoms with Crippen molar-refractivity contribution in [3.8, 4) is 0 Å². The Balaban J connectivity index is 1.86. The van der Waals surface area contributed by atoms with Crippen LogP contribution in [0.4, 0.5) is 5.69 Å². The van der Waals surface area contributed by atoms with E-state index >= 15 is 0 Å². The number of amides is 1. The van der Waals surface area contributed by atoms with Gasteiger partial charge in [0.2, 0.25) is 5.91 Å². The van der Waals surface area contributed by atoms with E-state index in [0.29, 0.717) is 31.8 Å². The molecule has 0 bridgehead atoms. The second-order valence-corrected chi connectivity index (χ2v) is 5.83. The molecule has 1 atom stereocenters. The minimum absolute atomic E-state index is 0.0346. The van der Waals surface area contributed by atoms with Crippen LogP contribution in [-0.4, -0.2) is 36.2 Å². The van der Waals surface area contributed by atoms with Gasteiger partial charge in [-0.15, -0.1) is 0 Å². The van der Waals surface area contributed by atoms with Gasteiger partial charge < -0.3 is 5.32 Å². The first-order chi connectivity index (χ1) is 9.04. The number of hydrogen-bond acceptors (Lipinski definition) is 3. The number of carbonyl (C=O) groups excluding carboxylic acids is 2. The standard InChI is InChI=1S/C14H17BrN2O2/c1-10-8-17(6-5-13(10)18)9-14(19)16-12-4-2-3-11(15)7-12/h2-4,7,10H,5-6,8-9H2,1H3,(H,16,19). The summed E-state index contributed by atoms with van der Waals surface area (Å²) in [6.07, 6.45) is 0.547. The van der Waals surface area contributed by atoms with Crippen molar-refractivity contribution in [2.45, 2.75) is 13.3 Å². The topological polar surface area (TPSA) is 49.4 Å². The Labute approximate surface area is 121 Å². The lowest BCUT2D eigenvalue weighted by molar-refractivity contribution is -0.127. The zero-order chi connectivity index (χ0) is 13.8. The van der Waals surface area contributed by atoms with Gasteiger partial charge in [0.15, 0.2) is 0 Å². The van der Waals surface area contributed by atoms with E-state index in [2.05, 4.69) is 21.2 Å². The summed E-state index contributed by atoms with van der Waals surface area (Å²) in [5.41, 5.74) is 0.778. The maximum Gasteiger partial charge on any atom is 0.238 e. The second-order valence-electron chi connectivity index (χ2n) is 4.91. The molecule has 2 rings (SSSR count). The monoisotopic (exact) mass is 324 g/mol. The van der Waals surface area contributed by atoms with Crippen LogP contribution in [0.3, 0.4) is 0 Å². The molecule has 0 aromatic heterocycles. The van der Waals surface area contributed by atoms with Crippen molar-refractivity contribution in [2.24, 2.45) is 5.92 Å². The summed E-state index contributed by atoms with van der Waals surface area (Å²) in [6, 6.07) is 7.50.